The Morgan fingerprint density at radius 1 is 1.26 bits per heavy atom. The first-order chi connectivity index (χ1) is 9.08. The minimum atomic E-state index is -0.695. The average molecular weight is 262 g/mol. The topological polar surface area (TPSA) is 43.8 Å². The van der Waals surface area contributed by atoms with E-state index in [0.29, 0.717) is 13.1 Å². The SMILES string of the molecule is CC(c1ccccc1)N1CCN(C)CC(C(=O)O)C1. The number of carboxylic acids is 1. The second-order valence-electron chi connectivity index (χ2n) is 5.38. The number of carboxylic acid groups (broad SMARTS) is 1. The van der Waals surface area contributed by atoms with Gasteiger partial charge < -0.3 is 10.0 Å². The predicted octanol–water partition coefficient (Wildman–Crippen LogP) is 1.70. The summed E-state index contributed by atoms with van der Waals surface area (Å²) in [6.45, 7) is 5.24. The third-order valence-corrected chi connectivity index (χ3v) is 3.93. The molecule has 0 amide bonds. The second kappa shape index (κ2) is 6.17. The molecule has 0 radical (unpaired) electrons. The van der Waals surface area contributed by atoms with E-state index >= 15 is 0 Å². The standard InChI is InChI=1S/C15H22N2O2/c1-12(13-6-4-3-5-7-13)17-9-8-16(2)10-14(11-17)15(18)19/h3-7,12,14H,8-11H2,1-2H3,(H,18,19). The average Bonchev–Trinajstić information content (AvgIpc) is 2.61. The number of hydrogen-bond donors (Lipinski definition) is 1. The van der Waals surface area contributed by atoms with Gasteiger partial charge in [0.15, 0.2) is 0 Å². The summed E-state index contributed by atoms with van der Waals surface area (Å²) in [6, 6.07) is 10.5. The van der Waals surface area contributed by atoms with Crippen LogP contribution in [0, 0.1) is 5.92 Å². The second-order valence-corrected chi connectivity index (χ2v) is 5.38. The van der Waals surface area contributed by atoms with Crippen LogP contribution < -0.4 is 0 Å². The molecule has 1 aliphatic rings. The first kappa shape index (κ1) is 14.0. The lowest BCUT2D eigenvalue weighted by atomic mass is 10.0. The Bertz CT molecular complexity index is 421. The van der Waals surface area contributed by atoms with Crippen LogP contribution in [0.15, 0.2) is 30.3 Å². The largest absolute Gasteiger partial charge is 0.481 e. The lowest BCUT2D eigenvalue weighted by molar-refractivity contribution is -0.142. The van der Waals surface area contributed by atoms with E-state index in [1.54, 1.807) is 0 Å². The number of rotatable bonds is 3. The molecule has 4 nitrogen and oxygen atoms in total. The van der Waals surface area contributed by atoms with Crippen molar-refractivity contribution in [2.24, 2.45) is 5.92 Å². The van der Waals surface area contributed by atoms with E-state index in [1.165, 1.54) is 5.56 Å². The summed E-state index contributed by atoms with van der Waals surface area (Å²) in [6.07, 6.45) is 0. The summed E-state index contributed by atoms with van der Waals surface area (Å²) in [4.78, 5) is 15.7. The predicted molar refractivity (Wildman–Crippen MR) is 75.1 cm³/mol. The summed E-state index contributed by atoms with van der Waals surface area (Å²) in [5.74, 6) is -1.00. The Labute approximate surface area is 114 Å². The van der Waals surface area contributed by atoms with Gasteiger partial charge in [-0.05, 0) is 19.5 Å². The van der Waals surface area contributed by atoms with Gasteiger partial charge in [0.2, 0.25) is 0 Å². The van der Waals surface area contributed by atoms with Crippen molar-refractivity contribution in [3.63, 3.8) is 0 Å². The molecule has 2 unspecified atom stereocenters. The molecule has 0 aliphatic carbocycles. The number of carbonyl (C=O) groups is 1. The molecule has 2 rings (SSSR count). The number of nitrogens with zero attached hydrogens (tertiary/aromatic N) is 2. The molecule has 19 heavy (non-hydrogen) atoms. The van der Waals surface area contributed by atoms with Crippen LogP contribution in [-0.2, 0) is 4.79 Å². The Morgan fingerprint density at radius 3 is 2.58 bits per heavy atom. The van der Waals surface area contributed by atoms with Crippen LogP contribution in [0.5, 0.6) is 0 Å². The molecule has 1 N–H and O–H groups in total. The van der Waals surface area contributed by atoms with E-state index in [2.05, 4.69) is 28.9 Å². The molecule has 0 aromatic heterocycles. The first-order valence-electron chi connectivity index (χ1n) is 6.78. The third-order valence-electron chi connectivity index (χ3n) is 3.93. The van der Waals surface area contributed by atoms with Gasteiger partial charge >= 0.3 is 5.97 Å². The number of hydrogen-bond acceptors (Lipinski definition) is 3. The van der Waals surface area contributed by atoms with Crippen molar-refractivity contribution in [3.05, 3.63) is 35.9 Å². The molecular weight excluding hydrogens is 240 g/mol. The van der Waals surface area contributed by atoms with Crippen molar-refractivity contribution in [1.29, 1.82) is 0 Å². The maximum atomic E-state index is 11.3. The zero-order chi connectivity index (χ0) is 13.8. The van der Waals surface area contributed by atoms with E-state index in [1.807, 2.05) is 25.2 Å². The molecule has 1 saturated heterocycles. The van der Waals surface area contributed by atoms with E-state index in [0.717, 1.165) is 13.1 Å². The Morgan fingerprint density at radius 2 is 1.95 bits per heavy atom. The Balaban J connectivity index is 2.12. The van der Waals surface area contributed by atoms with Crippen LogP contribution in [0.4, 0.5) is 0 Å². The summed E-state index contributed by atoms with van der Waals surface area (Å²) in [5.41, 5.74) is 1.25. The van der Waals surface area contributed by atoms with Crippen molar-refractivity contribution in [2.75, 3.05) is 33.2 Å². The monoisotopic (exact) mass is 262 g/mol. The van der Waals surface area contributed by atoms with Gasteiger partial charge in [-0.1, -0.05) is 30.3 Å². The molecule has 0 bridgehead atoms. The fourth-order valence-electron chi connectivity index (χ4n) is 2.65. The van der Waals surface area contributed by atoms with E-state index < -0.39 is 5.97 Å². The van der Waals surface area contributed by atoms with Crippen LogP contribution in [0.1, 0.15) is 18.5 Å². The maximum absolute atomic E-state index is 11.3. The van der Waals surface area contributed by atoms with Gasteiger partial charge in [0, 0.05) is 32.2 Å². The van der Waals surface area contributed by atoms with Crippen LogP contribution in [0.2, 0.25) is 0 Å². The number of likely N-dealkylation sites (N-methyl/N-ethyl adjacent to an activating group) is 1. The van der Waals surface area contributed by atoms with E-state index in [4.69, 9.17) is 0 Å². The Hall–Kier alpha value is -1.39. The van der Waals surface area contributed by atoms with Crippen molar-refractivity contribution >= 4 is 5.97 Å². The van der Waals surface area contributed by atoms with Gasteiger partial charge in [-0.15, -0.1) is 0 Å². The molecule has 2 atom stereocenters. The lowest BCUT2D eigenvalue weighted by Gasteiger charge is -2.29. The van der Waals surface area contributed by atoms with Crippen LogP contribution in [-0.4, -0.2) is 54.1 Å². The minimum absolute atomic E-state index is 0.259. The third kappa shape index (κ3) is 3.55. The van der Waals surface area contributed by atoms with Crippen molar-refractivity contribution in [1.82, 2.24) is 9.80 Å². The van der Waals surface area contributed by atoms with Crippen LogP contribution in [0.25, 0.3) is 0 Å². The van der Waals surface area contributed by atoms with Gasteiger partial charge in [-0.2, -0.15) is 0 Å². The summed E-state index contributed by atoms with van der Waals surface area (Å²) in [5, 5.41) is 9.30. The van der Waals surface area contributed by atoms with E-state index in [9.17, 15) is 9.90 Å². The molecule has 1 fully saturated rings. The Kier molecular flexibility index (Phi) is 4.56. The molecule has 1 aliphatic heterocycles. The van der Waals surface area contributed by atoms with Crippen molar-refractivity contribution in [3.8, 4) is 0 Å². The molecule has 1 aromatic carbocycles. The van der Waals surface area contributed by atoms with Gasteiger partial charge in [0.1, 0.15) is 0 Å². The van der Waals surface area contributed by atoms with E-state index in [-0.39, 0.29) is 12.0 Å². The molecule has 0 saturated carbocycles. The summed E-state index contributed by atoms with van der Waals surface area (Å²) < 4.78 is 0. The maximum Gasteiger partial charge on any atom is 0.309 e. The van der Waals surface area contributed by atoms with Crippen LogP contribution >= 0.6 is 0 Å². The fraction of sp³-hybridized carbons (Fsp3) is 0.533. The molecule has 104 valence electrons. The van der Waals surface area contributed by atoms with Crippen molar-refractivity contribution < 1.29 is 9.90 Å². The van der Waals surface area contributed by atoms with Crippen molar-refractivity contribution in [2.45, 2.75) is 13.0 Å². The molecule has 4 heteroatoms. The molecular formula is C15H22N2O2. The van der Waals surface area contributed by atoms with Gasteiger partial charge in [0.05, 0.1) is 5.92 Å². The smallest absolute Gasteiger partial charge is 0.309 e. The normalized spacial score (nSPS) is 23.8. The minimum Gasteiger partial charge on any atom is -0.481 e. The zero-order valence-electron chi connectivity index (χ0n) is 11.6. The lowest BCUT2D eigenvalue weighted by Crippen LogP contribution is -2.35. The highest BCUT2D eigenvalue weighted by Gasteiger charge is 2.28. The highest BCUT2D eigenvalue weighted by molar-refractivity contribution is 5.70. The summed E-state index contributed by atoms with van der Waals surface area (Å²) >= 11 is 0. The molecule has 0 spiro atoms. The van der Waals surface area contributed by atoms with Gasteiger partial charge in [-0.3, -0.25) is 9.69 Å². The van der Waals surface area contributed by atoms with Gasteiger partial charge in [-0.25, -0.2) is 0 Å². The number of benzene rings is 1. The summed E-state index contributed by atoms with van der Waals surface area (Å²) in [7, 11) is 1.99. The highest BCUT2D eigenvalue weighted by Crippen LogP contribution is 2.22. The zero-order valence-corrected chi connectivity index (χ0v) is 11.6. The quantitative estimate of drug-likeness (QED) is 0.900. The molecule has 1 heterocycles. The fourth-order valence-corrected chi connectivity index (χ4v) is 2.65. The van der Waals surface area contributed by atoms with Gasteiger partial charge in [0.25, 0.3) is 0 Å². The highest BCUT2D eigenvalue weighted by atomic mass is 16.4. The first-order valence-corrected chi connectivity index (χ1v) is 6.78. The van der Waals surface area contributed by atoms with Crippen LogP contribution in [0.3, 0.4) is 0 Å². The molecule has 1 aromatic rings. The number of aliphatic carboxylic acids is 1.